The van der Waals surface area contributed by atoms with Gasteiger partial charge in [-0.2, -0.15) is 0 Å². The SMILES string of the molecule is CCOC(=O)CCN(C)C(=O)Cc1noc2ccccc12. The van der Waals surface area contributed by atoms with Crippen LogP contribution in [-0.4, -0.2) is 42.1 Å². The highest BCUT2D eigenvalue weighted by Crippen LogP contribution is 2.18. The van der Waals surface area contributed by atoms with Crippen molar-refractivity contribution in [2.24, 2.45) is 0 Å². The number of likely N-dealkylation sites (N-methyl/N-ethyl adjacent to an activating group) is 1. The van der Waals surface area contributed by atoms with Crippen LogP contribution < -0.4 is 0 Å². The molecule has 0 atom stereocenters. The molecule has 6 nitrogen and oxygen atoms in total. The Bertz CT molecular complexity index is 635. The Balaban J connectivity index is 1.93. The number of fused-ring (bicyclic) bond motifs is 1. The number of rotatable bonds is 6. The van der Waals surface area contributed by atoms with Crippen molar-refractivity contribution in [1.29, 1.82) is 0 Å². The summed E-state index contributed by atoms with van der Waals surface area (Å²) in [5, 5.41) is 4.77. The third kappa shape index (κ3) is 3.81. The van der Waals surface area contributed by atoms with Gasteiger partial charge >= 0.3 is 5.97 Å². The smallest absolute Gasteiger partial charge is 0.307 e. The highest BCUT2D eigenvalue weighted by atomic mass is 16.5. The second-order valence-electron chi connectivity index (χ2n) is 4.67. The minimum absolute atomic E-state index is 0.113. The maximum atomic E-state index is 12.1. The van der Waals surface area contributed by atoms with E-state index in [0.717, 1.165) is 5.39 Å². The summed E-state index contributed by atoms with van der Waals surface area (Å²) in [5.41, 5.74) is 1.27. The van der Waals surface area contributed by atoms with Crippen molar-refractivity contribution in [3.8, 4) is 0 Å². The molecule has 0 radical (unpaired) electrons. The first-order chi connectivity index (χ1) is 10.1. The molecule has 2 aromatic rings. The summed E-state index contributed by atoms with van der Waals surface area (Å²) in [6.07, 6.45) is 0.339. The van der Waals surface area contributed by atoms with Gasteiger partial charge in [0, 0.05) is 19.0 Å². The fourth-order valence-electron chi connectivity index (χ4n) is 1.96. The first-order valence-corrected chi connectivity index (χ1v) is 6.84. The average Bonchev–Trinajstić information content (AvgIpc) is 2.88. The zero-order valence-corrected chi connectivity index (χ0v) is 12.2. The van der Waals surface area contributed by atoms with E-state index >= 15 is 0 Å². The van der Waals surface area contributed by atoms with E-state index in [1.165, 1.54) is 4.90 Å². The lowest BCUT2D eigenvalue weighted by Gasteiger charge is -2.15. The van der Waals surface area contributed by atoms with Crippen LogP contribution in [0.15, 0.2) is 28.8 Å². The van der Waals surface area contributed by atoms with E-state index in [1.807, 2.05) is 18.2 Å². The predicted octanol–water partition coefficient (Wildman–Crippen LogP) is 1.78. The van der Waals surface area contributed by atoms with Gasteiger partial charge in [-0.15, -0.1) is 0 Å². The lowest BCUT2D eigenvalue weighted by molar-refractivity contribution is -0.143. The van der Waals surface area contributed by atoms with Crippen molar-refractivity contribution in [3.63, 3.8) is 0 Å². The molecule has 0 aliphatic rings. The molecule has 112 valence electrons. The Hall–Kier alpha value is -2.37. The molecule has 2 rings (SSSR count). The normalized spacial score (nSPS) is 10.6. The summed E-state index contributed by atoms with van der Waals surface area (Å²) in [6.45, 7) is 2.43. The second kappa shape index (κ2) is 6.88. The first kappa shape index (κ1) is 15.0. The Morgan fingerprint density at radius 3 is 2.86 bits per heavy atom. The maximum absolute atomic E-state index is 12.1. The van der Waals surface area contributed by atoms with Crippen molar-refractivity contribution < 1.29 is 18.8 Å². The minimum Gasteiger partial charge on any atom is -0.466 e. The Morgan fingerprint density at radius 2 is 2.10 bits per heavy atom. The van der Waals surface area contributed by atoms with Gasteiger partial charge in [0.15, 0.2) is 5.58 Å². The average molecular weight is 290 g/mol. The minimum atomic E-state index is -0.302. The molecule has 0 bridgehead atoms. The van der Waals surface area contributed by atoms with Crippen LogP contribution in [0.5, 0.6) is 0 Å². The molecule has 21 heavy (non-hydrogen) atoms. The number of esters is 1. The molecule has 0 fully saturated rings. The van der Waals surface area contributed by atoms with Crippen LogP contribution in [0.25, 0.3) is 11.0 Å². The standard InChI is InChI=1S/C15H18N2O4/c1-3-20-15(19)8-9-17(2)14(18)10-12-11-6-4-5-7-13(11)21-16-12/h4-7H,3,8-10H2,1-2H3. The van der Waals surface area contributed by atoms with Crippen LogP contribution in [0.1, 0.15) is 19.0 Å². The molecule has 0 saturated heterocycles. The number of hydrogen-bond donors (Lipinski definition) is 0. The van der Waals surface area contributed by atoms with Crippen molar-refractivity contribution in [2.45, 2.75) is 19.8 Å². The van der Waals surface area contributed by atoms with Gasteiger partial charge in [-0.05, 0) is 19.1 Å². The predicted molar refractivity (Wildman–Crippen MR) is 76.6 cm³/mol. The van der Waals surface area contributed by atoms with Gasteiger partial charge in [0.25, 0.3) is 0 Å². The number of ether oxygens (including phenoxy) is 1. The largest absolute Gasteiger partial charge is 0.466 e. The number of nitrogens with zero attached hydrogens (tertiary/aromatic N) is 2. The summed E-state index contributed by atoms with van der Waals surface area (Å²) >= 11 is 0. The van der Waals surface area contributed by atoms with E-state index in [1.54, 1.807) is 20.0 Å². The molecule has 1 heterocycles. The van der Waals surface area contributed by atoms with E-state index in [-0.39, 0.29) is 24.7 Å². The number of aromatic nitrogens is 1. The van der Waals surface area contributed by atoms with Crippen molar-refractivity contribution in [1.82, 2.24) is 10.1 Å². The summed E-state index contributed by atoms with van der Waals surface area (Å²) in [7, 11) is 1.66. The quantitative estimate of drug-likeness (QED) is 0.758. The number of carbonyl (C=O) groups is 2. The summed E-state index contributed by atoms with van der Waals surface area (Å²) < 4.78 is 10.00. The summed E-state index contributed by atoms with van der Waals surface area (Å²) in [4.78, 5) is 24.9. The highest BCUT2D eigenvalue weighted by molar-refractivity contribution is 5.86. The van der Waals surface area contributed by atoms with E-state index in [9.17, 15) is 9.59 Å². The van der Waals surface area contributed by atoms with Crippen molar-refractivity contribution >= 4 is 22.8 Å². The van der Waals surface area contributed by atoms with Gasteiger partial charge in [-0.25, -0.2) is 0 Å². The van der Waals surface area contributed by atoms with Crippen LogP contribution in [0, 0.1) is 0 Å². The molecule has 0 aliphatic carbocycles. The van der Waals surface area contributed by atoms with E-state index in [2.05, 4.69) is 5.16 Å². The van der Waals surface area contributed by atoms with Crippen molar-refractivity contribution in [2.75, 3.05) is 20.2 Å². The number of para-hydroxylation sites is 1. The molecular weight excluding hydrogens is 272 g/mol. The van der Waals surface area contributed by atoms with Crippen LogP contribution in [0.2, 0.25) is 0 Å². The third-order valence-electron chi connectivity index (χ3n) is 3.15. The number of benzene rings is 1. The molecule has 0 N–H and O–H groups in total. The van der Waals surface area contributed by atoms with Gasteiger partial charge in [-0.1, -0.05) is 17.3 Å². The molecule has 0 unspecified atom stereocenters. The lowest BCUT2D eigenvalue weighted by Crippen LogP contribution is -2.30. The van der Waals surface area contributed by atoms with Gasteiger partial charge < -0.3 is 14.2 Å². The fraction of sp³-hybridized carbons (Fsp3) is 0.400. The number of carbonyl (C=O) groups excluding carboxylic acids is 2. The molecule has 0 aliphatic heterocycles. The van der Waals surface area contributed by atoms with Crippen LogP contribution in [0.4, 0.5) is 0 Å². The fourth-order valence-corrected chi connectivity index (χ4v) is 1.96. The zero-order chi connectivity index (χ0) is 15.2. The second-order valence-corrected chi connectivity index (χ2v) is 4.67. The maximum Gasteiger partial charge on any atom is 0.307 e. The molecule has 0 spiro atoms. The monoisotopic (exact) mass is 290 g/mol. The molecular formula is C15H18N2O4. The highest BCUT2D eigenvalue weighted by Gasteiger charge is 2.16. The number of amides is 1. The van der Waals surface area contributed by atoms with Crippen molar-refractivity contribution in [3.05, 3.63) is 30.0 Å². The number of hydrogen-bond acceptors (Lipinski definition) is 5. The van der Waals surface area contributed by atoms with E-state index in [0.29, 0.717) is 24.4 Å². The first-order valence-electron chi connectivity index (χ1n) is 6.84. The van der Waals surface area contributed by atoms with Gasteiger partial charge in [-0.3, -0.25) is 9.59 Å². The van der Waals surface area contributed by atoms with Crippen LogP contribution in [-0.2, 0) is 20.7 Å². The zero-order valence-electron chi connectivity index (χ0n) is 12.2. The Morgan fingerprint density at radius 1 is 1.33 bits per heavy atom. The Labute approximate surface area is 122 Å². The third-order valence-corrected chi connectivity index (χ3v) is 3.15. The van der Waals surface area contributed by atoms with E-state index in [4.69, 9.17) is 9.26 Å². The summed E-state index contributed by atoms with van der Waals surface area (Å²) in [5.74, 6) is -0.414. The van der Waals surface area contributed by atoms with Gasteiger partial charge in [0.1, 0.15) is 5.69 Å². The Kier molecular flexibility index (Phi) is 4.92. The molecule has 1 amide bonds. The lowest BCUT2D eigenvalue weighted by atomic mass is 10.1. The summed E-state index contributed by atoms with van der Waals surface area (Å²) in [6, 6.07) is 7.40. The van der Waals surface area contributed by atoms with Crippen LogP contribution >= 0.6 is 0 Å². The topological polar surface area (TPSA) is 72.6 Å². The van der Waals surface area contributed by atoms with E-state index < -0.39 is 0 Å². The molecule has 1 aromatic heterocycles. The van der Waals surface area contributed by atoms with Crippen LogP contribution in [0.3, 0.4) is 0 Å². The van der Waals surface area contributed by atoms with Gasteiger partial charge in [0.05, 0.1) is 19.4 Å². The molecule has 0 saturated carbocycles. The molecule has 1 aromatic carbocycles. The molecule has 6 heteroatoms. The van der Waals surface area contributed by atoms with Gasteiger partial charge in [0.2, 0.25) is 5.91 Å².